The first-order valence-corrected chi connectivity index (χ1v) is 8.94. The molecule has 0 aliphatic heterocycles. The van der Waals surface area contributed by atoms with Crippen molar-refractivity contribution in [3.05, 3.63) is 64.7 Å². The van der Waals surface area contributed by atoms with E-state index in [4.69, 9.17) is 4.74 Å². The van der Waals surface area contributed by atoms with Crippen LogP contribution >= 0.6 is 0 Å². The van der Waals surface area contributed by atoms with Crippen molar-refractivity contribution in [2.45, 2.75) is 46.6 Å². The first-order valence-electron chi connectivity index (χ1n) is 8.94. The minimum atomic E-state index is -0.0523. The van der Waals surface area contributed by atoms with Gasteiger partial charge in [0.25, 0.3) is 5.91 Å². The molecular weight excluding hydrogens is 310 g/mol. The summed E-state index contributed by atoms with van der Waals surface area (Å²) in [6, 6.07) is 14.0. The maximum absolute atomic E-state index is 12.4. The Morgan fingerprint density at radius 3 is 2.20 bits per heavy atom. The van der Waals surface area contributed by atoms with Gasteiger partial charge in [0, 0.05) is 12.1 Å². The van der Waals surface area contributed by atoms with Crippen molar-refractivity contribution in [2.75, 3.05) is 7.11 Å². The number of methoxy groups -OCH3 is 1. The summed E-state index contributed by atoms with van der Waals surface area (Å²) < 4.78 is 5.39. The molecule has 3 nitrogen and oxygen atoms in total. The van der Waals surface area contributed by atoms with Crippen LogP contribution in [0.4, 0.5) is 0 Å². The molecule has 1 amide bonds. The van der Waals surface area contributed by atoms with Crippen molar-refractivity contribution in [3.63, 3.8) is 0 Å². The highest BCUT2D eigenvalue weighted by Gasteiger charge is 2.08. The minimum absolute atomic E-state index is 0.0523. The fraction of sp³-hybridized carbons (Fsp3) is 0.409. The zero-order valence-corrected chi connectivity index (χ0v) is 15.9. The van der Waals surface area contributed by atoms with E-state index in [0.717, 1.165) is 17.7 Å². The number of amides is 1. The van der Waals surface area contributed by atoms with Crippen LogP contribution in [0.15, 0.2) is 42.5 Å². The second-order valence-electron chi connectivity index (χ2n) is 7.25. The van der Waals surface area contributed by atoms with Gasteiger partial charge in [-0.1, -0.05) is 45.9 Å². The Morgan fingerprint density at radius 2 is 1.64 bits per heavy atom. The molecule has 0 fully saturated rings. The lowest BCUT2D eigenvalue weighted by molar-refractivity contribution is 0.0951. The van der Waals surface area contributed by atoms with Gasteiger partial charge in [-0.05, 0) is 59.2 Å². The molecule has 0 aliphatic carbocycles. The van der Waals surface area contributed by atoms with Crippen LogP contribution in [0.2, 0.25) is 0 Å². The van der Waals surface area contributed by atoms with Crippen LogP contribution in [0.5, 0.6) is 5.75 Å². The molecule has 0 radical (unpaired) electrons. The molecule has 0 saturated heterocycles. The molecular formula is C22H29NO2. The lowest BCUT2D eigenvalue weighted by atomic mass is 10.0. The highest BCUT2D eigenvalue weighted by atomic mass is 16.5. The van der Waals surface area contributed by atoms with Crippen LogP contribution in [-0.2, 0) is 13.0 Å². The van der Waals surface area contributed by atoms with Crippen molar-refractivity contribution in [1.82, 2.24) is 5.32 Å². The van der Waals surface area contributed by atoms with Crippen molar-refractivity contribution < 1.29 is 9.53 Å². The second kappa shape index (κ2) is 8.70. The topological polar surface area (TPSA) is 38.3 Å². The fourth-order valence-corrected chi connectivity index (χ4v) is 2.84. The molecule has 0 heterocycles. The van der Waals surface area contributed by atoms with E-state index in [1.165, 1.54) is 11.1 Å². The largest absolute Gasteiger partial charge is 0.497 e. The van der Waals surface area contributed by atoms with Gasteiger partial charge in [-0.25, -0.2) is 0 Å². The molecule has 0 aromatic heterocycles. The van der Waals surface area contributed by atoms with Gasteiger partial charge in [-0.15, -0.1) is 0 Å². The number of hydrogen-bond donors (Lipinski definition) is 1. The molecule has 2 rings (SSSR count). The summed E-state index contributed by atoms with van der Waals surface area (Å²) in [5.74, 6) is 1.83. The minimum Gasteiger partial charge on any atom is -0.497 e. The molecule has 134 valence electrons. The number of nitrogens with one attached hydrogen (secondary N) is 1. The fourth-order valence-electron chi connectivity index (χ4n) is 2.84. The Kier molecular flexibility index (Phi) is 6.63. The van der Waals surface area contributed by atoms with Gasteiger partial charge >= 0.3 is 0 Å². The third kappa shape index (κ3) is 5.63. The maximum atomic E-state index is 12.4. The Bertz CT molecular complexity index is 702. The third-order valence-electron chi connectivity index (χ3n) is 4.20. The standard InChI is InChI=1S/C22H29NO2/c1-15(2)10-17-11-18(13-21(12-17)25-5)14-23-22(24)20-8-6-19(7-9-20)16(3)4/h6-9,11-13,15-16H,10,14H2,1-5H3,(H,23,24). The number of benzene rings is 2. The van der Waals surface area contributed by atoms with E-state index in [1.54, 1.807) is 7.11 Å². The lowest BCUT2D eigenvalue weighted by Gasteiger charge is -2.12. The zero-order valence-electron chi connectivity index (χ0n) is 15.9. The normalized spacial score (nSPS) is 11.0. The summed E-state index contributed by atoms with van der Waals surface area (Å²) in [4.78, 5) is 12.4. The van der Waals surface area contributed by atoms with Gasteiger partial charge in [0.2, 0.25) is 0 Å². The summed E-state index contributed by atoms with van der Waals surface area (Å²) in [6.07, 6.45) is 0.995. The number of carbonyl (C=O) groups is 1. The molecule has 2 aromatic carbocycles. The van der Waals surface area contributed by atoms with Crippen molar-refractivity contribution in [3.8, 4) is 5.75 Å². The zero-order chi connectivity index (χ0) is 18.4. The van der Waals surface area contributed by atoms with Gasteiger partial charge in [-0.3, -0.25) is 4.79 Å². The number of carbonyl (C=O) groups excluding carboxylic acids is 1. The molecule has 1 N–H and O–H groups in total. The molecule has 2 aromatic rings. The molecule has 0 aliphatic rings. The van der Waals surface area contributed by atoms with Gasteiger partial charge in [0.15, 0.2) is 0 Å². The van der Waals surface area contributed by atoms with E-state index in [2.05, 4.69) is 45.1 Å². The number of hydrogen-bond acceptors (Lipinski definition) is 2. The van der Waals surface area contributed by atoms with E-state index >= 15 is 0 Å². The molecule has 3 heteroatoms. The number of rotatable bonds is 7. The van der Waals surface area contributed by atoms with Crippen LogP contribution < -0.4 is 10.1 Å². The van der Waals surface area contributed by atoms with Gasteiger partial charge in [0.05, 0.1) is 7.11 Å². The summed E-state index contributed by atoms with van der Waals surface area (Å²) >= 11 is 0. The highest BCUT2D eigenvalue weighted by Crippen LogP contribution is 2.20. The predicted octanol–water partition coefficient (Wildman–Crippen LogP) is 4.95. The van der Waals surface area contributed by atoms with Crippen molar-refractivity contribution >= 4 is 5.91 Å². The monoisotopic (exact) mass is 339 g/mol. The summed E-state index contributed by atoms with van der Waals surface area (Å²) in [7, 11) is 1.67. The average molecular weight is 339 g/mol. The summed E-state index contributed by atoms with van der Waals surface area (Å²) in [6.45, 7) is 9.18. The van der Waals surface area contributed by atoms with Crippen LogP contribution in [-0.4, -0.2) is 13.0 Å². The summed E-state index contributed by atoms with van der Waals surface area (Å²) in [5, 5.41) is 3.00. The Hall–Kier alpha value is -2.29. The predicted molar refractivity (Wildman–Crippen MR) is 103 cm³/mol. The van der Waals surface area contributed by atoms with Gasteiger partial charge in [0.1, 0.15) is 5.75 Å². The van der Waals surface area contributed by atoms with Gasteiger partial charge in [-0.2, -0.15) is 0 Å². The number of ether oxygens (including phenoxy) is 1. The van der Waals surface area contributed by atoms with E-state index in [9.17, 15) is 4.79 Å². The van der Waals surface area contributed by atoms with Gasteiger partial charge < -0.3 is 10.1 Å². The summed E-state index contributed by atoms with van der Waals surface area (Å²) in [5.41, 5.74) is 4.22. The average Bonchev–Trinajstić information content (AvgIpc) is 2.58. The molecule has 25 heavy (non-hydrogen) atoms. The van der Waals surface area contributed by atoms with Crippen molar-refractivity contribution in [2.24, 2.45) is 5.92 Å². The van der Waals surface area contributed by atoms with E-state index < -0.39 is 0 Å². The highest BCUT2D eigenvalue weighted by molar-refractivity contribution is 5.94. The molecule has 0 bridgehead atoms. The van der Waals surface area contributed by atoms with E-state index in [0.29, 0.717) is 23.9 Å². The molecule has 0 atom stereocenters. The van der Waals surface area contributed by atoms with Crippen LogP contribution in [0.25, 0.3) is 0 Å². The molecule has 0 unspecified atom stereocenters. The maximum Gasteiger partial charge on any atom is 0.251 e. The Balaban J connectivity index is 2.05. The van der Waals surface area contributed by atoms with E-state index in [1.807, 2.05) is 30.3 Å². The first kappa shape index (κ1) is 19.0. The lowest BCUT2D eigenvalue weighted by Crippen LogP contribution is -2.22. The SMILES string of the molecule is COc1cc(CNC(=O)c2ccc(C(C)C)cc2)cc(CC(C)C)c1. The van der Waals surface area contributed by atoms with Crippen LogP contribution in [0.1, 0.15) is 60.7 Å². The molecule has 0 saturated carbocycles. The second-order valence-corrected chi connectivity index (χ2v) is 7.25. The van der Waals surface area contributed by atoms with E-state index in [-0.39, 0.29) is 5.91 Å². The molecule has 0 spiro atoms. The smallest absolute Gasteiger partial charge is 0.251 e. The van der Waals surface area contributed by atoms with Crippen molar-refractivity contribution in [1.29, 1.82) is 0 Å². The third-order valence-corrected chi connectivity index (χ3v) is 4.20. The Morgan fingerprint density at radius 1 is 1.00 bits per heavy atom. The van der Waals surface area contributed by atoms with Crippen LogP contribution in [0.3, 0.4) is 0 Å². The van der Waals surface area contributed by atoms with Crippen LogP contribution in [0, 0.1) is 5.92 Å². The first-order chi connectivity index (χ1) is 11.9. The quantitative estimate of drug-likeness (QED) is 0.775. The Labute approximate surface area is 151 Å².